The van der Waals surface area contributed by atoms with Crippen molar-refractivity contribution in [2.24, 2.45) is 5.92 Å². The monoisotopic (exact) mass is 502 g/mol. The highest BCUT2D eigenvalue weighted by atomic mass is 19.1. The van der Waals surface area contributed by atoms with Gasteiger partial charge in [0.25, 0.3) is 5.91 Å². The van der Waals surface area contributed by atoms with E-state index >= 15 is 0 Å². The first kappa shape index (κ1) is 23.8. The lowest BCUT2D eigenvalue weighted by Crippen LogP contribution is -2.43. The first-order valence-corrected chi connectivity index (χ1v) is 13.3. The van der Waals surface area contributed by atoms with E-state index in [1.165, 1.54) is 12.1 Å². The lowest BCUT2D eigenvalue weighted by atomic mass is 9.87. The fraction of sp³-hybridized carbons (Fsp3) is 0.400. The summed E-state index contributed by atoms with van der Waals surface area (Å²) in [5.41, 5.74) is 3.06. The molecule has 1 aromatic heterocycles. The molecule has 6 nitrogen and oxygen atoms in total. The highest BCUT2D eigenvalue weighted by Crippen LogP contribution is 2.40. The van der Waals surface area contributed by atoms with Gasteiger partial charge in [0, 0.05) is 18.5 Å². The Balaban J connectivity index is 1.24. The second-order valence-corrected chi connectivity index (χ2v) is 10.4. The maximum Gasteiger partial charge on any atom is 0.287 e. The van der Waals surface area contributed by atoms with Gasteiger partial charge in [-0.2, -0.15) is 0 Å². The molecular formula is C30H31FN2O4. The van der Waals surface area contributed by atoms with Gasteiger partial charge in [0.05, 0.1) is 6.04 Å². The van der Waals surface area contributed by atoms with E-state index in [0.717, 1.165) is 61.6 Å². The average molecular weight is 503 g/mol. The summed E-state index contributed by atoms with van der Waals surface area (Å²) in [5.74, 6) is 1.26. The summed E-state index contributed by atoms with van der Waals surface area (Å²) in [6, 6.07) is 15.8. The van der Waals surface area contributed by atoms with Crippen molar-refractivity contribution >= 4 is 11.8 Å². The van der Waals surface area contributed by atoms with Crippen molar-refractivity contribution < 1.29 is 23.1 Å². The first-order chi connectivity index (χ1) is 18.0. The van der Waals surface area contributed by atoms with Gasteiger partial charge in [-0.3, -0.25) is 9.59 Å². The molecule has 2 heterocycles. The molecule has 6 rings (SSSR count). The number of amides is 2. The zero-order chi connectivity index (χ0) is 25.4. The minimum atomic E-state index is -0.297. The standard InChI is InChI=1S/C30H31FN2O4/c31-22-8-5-20(6-9-22)28-26-17-24(36-18-25-13-14-27(37-25)29(34)32-23-10-11-23)12-7-19(26)15-16-33(28)30(35)21-3-1-2-4-21/h5-9,12-14,17,21,23,28H,1-4,10-11,15-16,18H2,(H,32,34). The molecule has 2 fully saturated rings. The summed E-state index contributed by atoms with van der Waals surface area (Å²) in [6.07, 6.45) is 6.86. The summed E-state index contributed by atoms with van der Waals surface area (Å²) in [6.45, 7) is 0.824. The molecule has 1 aliphatic heterocycles. The van der Waals surface area contributed by atoms with E-state index in [4.69, 9.17) is 9.15 Å². The molecule has 7 heteroatoms. The summed E-state index contributed by atoms with van der Waals surface area (Å²) in [7, 11) is 0. The van der Waals surface area contributed by atoms with Gasteiger partial charge in [0.15, 0.2) is 5.76 Å². The molecular weight excluding hydrogens is 471 g/mol. The molecule has 2 aliphatic carbocycles. The molecule has 0 spiro atoms. The van der Waals surface area contributed by atoms with Crippen molar-refractivity contribution in [2.75, 3.05) is 6.54 Å². The van der Waals surface area contributed by atoms with Crippen molar-refractivity contribution in [3.8, 4) is 5.75 Å². The van der Waals surface area contributed by atoms with Crippen LogP contribution in [0.4, 0.5) is 4.39 Å². The van der Waals surface area contributed by atoms with Gasteiger partial charge in [-0.15, -0.1) is 0 Å². The summed E-state index contributed by atoms with van der Waals surface area (Å²) in [4.78, 5) is 27.8. The van der Waals surface area contributed by atoms with Crippen LogP contribution in [0.15, 0.2) is 59.0 Å². The Morgan fingerprint density at radius 1 is 1.00 bits per heavy atom. The van der Waals surface area contributed by atoms with E-state index in [1.54, 1.807) is 24.3 Å². The fourth-order valence-electron chi connectivity index (χ4n) is 5.55. The number of nitrogens with one attached hydrogen (secondary N) is 1. The topological polar surface area (TPSA) is 71.8 Å². The van der Waals surface area contributed by atoms with Crippen LogP contribution in [0.2, 0.25) is 0 Å². The summed E-state index contributed by atoms with van der Waals surface area (Å²) in [5, 5.41) is 2.92. The smallest absolute Gasteiger partial charge is 0.287 e. The minimum absolute atomic E-state index is 0.0641. The molecule has 3 aliphatic rings. The highest BCUT2D eigenvalue weighted by molar-refractivity contribution is 5.91. The number of nitrogens with zero attached hydrogens (tertiary/aromatic N) is 1. The third-order valence-corrected chi connectivity index (χ3v) is 7.70. The molecule has 0 saturated heterocycles. The van der Waals surface area contributed by atoms with Crippen molar-refractivity contribution in [3.63, 3.8) is 0 Å². The molecule has 1 unspecified atom stereocenters. The minimum Gasteiger partial charge on any atom is -0.486 e. The molecule has 2 amide bonds. The Bertz CT molecular complexity index is 1290. The Labute approximate surface area is 215 Å². The van der Waals surface area contributed by atoms with E-state index in [9.17, 15) is 14.0 Å². The van der Waals surface area contributed by atoms with E-state index < -0.39 is 0 Å². The third-order valence-electron chi connectivity index (χ3n) is 7.70. The maximum atomic E-state index is 13.8. The van der Waals surface area contributed by atoms with Crippen LogP contribution >= 0.6 is 0 Å². The maximum absolute atomic E-state index is 13.8. The van der Waals surface area contributed by atoms with E-state index in [0.29, 0.717) is 18.1 Å². The number of benzene rings is 2. The summed E-state index contributed by atoms with van der Waals surface area (Å²) >= 11 is 0. The SMILES string of the molecule is O=C(NC1CC1)c1ccc(COc2ccc3c(c2)C(c2ccc(F)cc2)N(C(=O)C2CCCC2)CC3)o1. The normalized spacial score (nSPS) is 19.5. The molecule has 2 saturated carbocycles. The second-order valence-electron chi connectivity index (χ2n) is 10.4. The van der Waals surface area contributed by atoms with Gasteiger partial charge < -0.3 is 19.4 Å². The van der Waals surface area contributed by atoms with Gasteiger partial charge in [-0.1, -0.05) is 31.0 Å². The summed E-state index contributed by atoms with van der Waals surface area (Å²) < 4.78 is 25.5. The molecule has 192 valence electrons. The number of hydrogen-bond donors (Lipinski definition) is 1. The van der Waals surface area contributed by atoms with Gasteiger partial charge in [0.2, 0.25) is 5.91 Å². The largest absolute Gasteiger partial charge is 0.486 e. The zero-order valence-electron chi connectivity index (χ0n) is 20.8. The number of fused-ring (bicyclic) bond motifs is 1. The van der Waals surface area contributed by atoms with Crippen LogP contribution < -0.4 is 10.1 Å². The van der Waals surface area contributed by atoms with Crippen molar-refractivity contribution in [1.82, 2.24) is 10.2 Å². The van der Waals surface area contributed by atoms with Crippen molar-refractivity contribution in [3.05, 3.63) is 88.6 Å². The third kappa shape index (κ3) is 5.13. The number of rotatable bonds is 7. The molecule has 37 heavy (non-hydrogen) atoms. The van der Waals surface area contributed by atoms with Gasteiger partial charge in [-0.05, 0) is 85.2 Å². The van der Waals surface area contributed by atoms with Crippen molar-refractivity contribution in [2.45, 2.75) is 63.6 Å². The van der Waals surface area contributed by atoms with Crippen molar-refractivity contribution in [1.29, 1.82) is 0 Å². The van der Waals surface area contributed by atoms with Crippen LogP contribution in [0.3, 0.4) is 0 Å². The Morgan fingerprint density at radius 3 is 2.54 bits per heavy atom. The number of carbonyl (C=O) groups is 2. The Morgan fingerprint density at radius 2 is 1.78 bits per heavy atom. The molecule has 1 atom stereocenters. The number of furan rings is 1. The van der Waals surface area contributed by atoms with Crippen LogP contribution in [0.1, 0.15) is 77.6 Å². The number of halogens is 1. The molecule has 0 bridgehead atoms. The van der Waals surface area contributed by atoms with E-state index in [1.807, 2.05) is 17.0 Å². The lowest BCUT2D eigenvalue weighted by Gasteiger charge is -2.39. The Kier molecular flexibility index (Phi) is 6.45. The number of ether oxygens (including phenoxy) is 1. The van der Waals surface area contributed by atoms with E-state index in [2.05, 4.69) is 11.4 Å². The van der Waals surface area contributed by atoms with Crippen LogP contribution in [-0.2, 0) is 17.8 Å². The van der Waals surface area contributed by atoms with Gasteiger partial charge in [-0.25, -0.2) is 4.39 Å². The van der Waals surface area contributed by atoms with Gasteiger partial charge >= 0.3 is 0 Å². The van der Waals surface area contributed by atoms with E-state index in [-0.39, 0.29) is 48.0 Å². The molecule has 1 N–H and O–H groups in total. The Hall–Kier alpha value is -3.61. The average Bonchev–Trinajstić information content (AvgIpc) is 3.35. The molecule has 3 aromatic rings. The van der Waals surface area contributed by atoms with Gasteiger partial charge in [0.1, 0.15) is 23.9 Å². The predicted molar refractivity (Wildman–Crippen MR) is 136 cm³/mol. The fourth-order valence-corrected chi connectivity index (χ4v) is 5.55. The highest BCUT2D eigenvalue weighted by Gasteiger charge is 2.36. The van der Waals surface area contributed by atoms with Crippen LogP contribution in [0.5, 0.6) is 5.75 Å². The molecule has 0 radical (unpaired) electrons. The van der Waals surface area contributed by atoms with Crippen LogP contribution in [-0.4, -0.2) is 29.3 Å². The van der Waals surface area contributed by atoms with Crippen LogP contribution in [0.25, 0.3) is 0 Å². The zero-order valence-corrected chi connectivity index (χ0v) is 20.8. The number of hydrogen-bond acceptors (Lipinski definition) is 4. The quantitative estimate of drug-likeness (QED) is 0.460. The molecule has 2 aromatic carbocycles. The number of carbonyl (C=O) groups excluding carboxylic acids is 2. The second kappa shape index (κ2) is 10.0. The predicted octanol–water partition coefficient (Wildman–Crippen LogP) is 5.55. The van der Waals surface area contributed by atoms with Crippen LogP contribution in [0, 0.1) is 11.7 Å². The first-order valence-electron chi connectivity index (χ1n) is 13.3. The lowest BCUT2D eigenvalue weighted by molar-refractivity contribution is -0.137.